The van der Waals surface area contributed by atoms with E-state index in [1.54, 1.807) is 6.92 Å². The first-order chi connectivity index (χ1) is 12.8. The number of aryl methyl sites for hydroxylation is 1. The molecule has 0 spiro atoms. The lowest BCUT2D eigenvalue weighted by Gasteiger charge is -2.38. The highest BCUT2D eigenvalue weighted by molar-refractivity contribution is 5.92. The molecule has 0 saturated carbocycles. The first-order valence-corrected chi connectivity index (χ1v) is 9.88. The van der Waals surface area contributed by atoms with Crippen LogP contribution in [-0.4, -0.2) is 82.8 Å². The van der Waals surface area contributed by atoms with Crippen LogP contribution >= 0.6 is 0 Å². The molecule has 0 bridgehead atoms. The molecule has 0 N–H and O–H groups in total. The minimum absolute atomic E-state index is 0.00169. The maximum absolute atomic E-state index is 13.1. The normalized spacial score (nSPS) is 21.0. The van der Waals surface area contributed by atoms with Crippen LogP contribution in [0.5, 0.6) is 0 Å². The number of nitrogens with zero attached hydrogens (tertiary/aromatic N) is 5. The quantitative estimate of drug-likeness (QED) is 0.785. The molecule has 2 fully saturated rings. The third-order valence-electron chi connectivity index (χ3n) is 5.99. The smallest absolute Gasteiger partial charge is 0.272 e. The summed E-state index contributed by atoms with van der Waals surface area (Å²) in [4.78, 5) is 39.8. The van der Waals surface area contributed by atoms with Crippen molar-refractivity contribution in [1.82, 2.24) is 24.7 Å². The molecule has 0 aliphatic carbocycles. The van der Waals surface area contributed by atoms with Crippen LogP contribution in [0.2, 0.25) is 0 Å². The van der Waals surface area contributed by atoms with E-state index < -0.39 is 0 Å². The monoisotopic (exact) mass is 373 g/mol. The van der Waals surface area contributed by atoms with Crippen LogP contribution in [-0.2, 0) is 10.2 Å². The van der Waals surface area contributed by atoms with Gasteiger partial charge in [0.1, 0.15) is 11.5 Å². The van der Waals surface area contributed by atoms with Crippen molar-refractivity contribution >= 4 is 11.8 Å². The third kappa shape index (κ3) is 4.46. The average Bonchev–Trinajstić information content (AvgIpc) is 2.85. The Kier molecular flexibility index (Phi) is 5.79. The van der Waals surface area contributed by atoms with Gasteiger partial charge < -0.3 is 14.7 Å². The number of hydrogen-bond donors (Lipinski definition) is 0. The van der Waals surface area contributed by atoms with Gasteiger partial charge in [0.15, 0.2) is 0 Å². The van der Waals surface area contributed by atoms with Crippen molar-refractivity contribution in [2.75, 3.05) is 46.3 Å². The van der Waals surface area contributed by atoms with Crippen molar-refractivity contribution in [3.05, 3.63) is 23.3 Å². The van der Waals surface area contributed by atoms with Crippen molar-refractivity contribution in [3.8, 4) is 0 Å². The molecule has 7 nitrogen and oxygen atoms in total. The molecule has 0 radical (unpaired) electrons. The highest BCUT2D eigenvalue weighted by Crippen LogP contribution is 2.34. The SMILES string of the molecule is CC(=O)N1CCC(C)(c2cc(C(=O)N3CCCN(C)CC3)nc(C)n2)CC1. The topological polar surface area (TPSA) is 69.6 Å². The predicted octanol–water partition coefficient (Wildman–Crippen LogP) is 1.46. The fourth-order valence-corrected chi connectivity index (χ4v) is 3.97. The Balaban J connectivity index is 1.80. The zero-order chi connectivity index (χ0) is 19.6. The fourth-order valence-electron chi connectivity index (χ4n) is 3.97. The molecular formula is C20H31N5O2. The maximum Gasteiger partial charge on any atom is 0.272 e. The molecule has 0 unspecified atom stereocenters. The van der Waals surface area contributed by atoms with E-state index in [0.29, 0.717) is 11.5 Å². The largest absolute Gasteiger partial charge is 0.343 e. The minimum atomic E-state index is -0.131. The number of carbonyl (C=O) groups excluding carboxylic acids is 2. The summed E-state index contributed by atoms with van der Waals surface area (Å²) in [6.45, 7) is 10.5. The zero-order valence-corrected chi connectivity index (χ0v) is 17.0. The van der Waals surface area contributed by atoms with Gasteiger partial charge in [0.05, 0.1) is 5.69 Å². The number of hydrogen-bond acceptors (Lipinski definition) is 5. The van der Waals surface area contributed by atoms with E-state index in [1.165, 1.54) is 0 Å². The summed E-state index contributed by atoms with van der Waals surface area (Å²) < 4.78 is 0. The van der Waals surface area contributed by atoms with Crippen LogP contribution in [0, 0.1) is 6.92 Å². The van der Waals surface area contributed by atoms with E-state index in [-0.39, 0.29) is 17.2 Å². The molecule has 27 heavy (non-hydrogen) atoms. The number of piperidine rings is 1. The van der Waals surface area contributed by atoms with Gasteiger partial charge in [0, 0.05) is 45.1 Å². The molecule has 2 aliphatic rings. The predicted molar refractivity (Wildman–Crippen MR) is 104 cm³/mol. The summed E-state index contributed by atoms with van der Waals surface area (Å²) in [5.74, 6) is 0.762. The van der Waals surface area contributed by atoms with Gasteiger partial charge >= 0.3 is 0 Å². The van der Waals surface area contributed by atoms with Crippen LogP contribution in [0.25, 0.3) is 0 Å². The molecule has 3 heterocycles. The second kappa shape index (κ2) is 7.92. The molecule has 3 rings (SSSR count). The number of amides is 2. The third-order valence-corrected chi connectivity index (χ3v) is 5.99. The lowest BCUT2D eigenvalue weighted by Crippen LogP contribution is -2.43. The Morgan fingerprint density at radius 3 is 2.37 bits per heavy atom. The van der Waals surface area contributed by atoms with Crippen molar-refractivity contribution in [1.29, 1.82) is 0 Å². The number of rotatable bonds is 2. The van der Waals surface area contributed by atoms with Crippen molar-refractivity contribution in [2.24, 2.45) is 0 Å². The highest BCUT2D eigenvalue weighted by Gasteiger charge is 2.35. The van der Waals surface area contributed by atoms with Crippen LogP contribution < -0.4 is 0 Å². The Labute approximate surface area is 161 Å². The summed E-state index contributed by atoms with van der Waals surface area (Å²) in [5.41, 5.74) is 1.29. The molecule has 2 saturated heterocycles. The van der Waals surface area contributed by atoms with Gasteiger partial charge in [-0.1, -0.05) is 6.92 Å². The Morgan fingerprint density at radius 2 is 1.70 bits per heavy atom. The van der Waals surface area contributed by atoms with Gasteiger partial charge in [-0.15, -0.1) is 0 Å². The molecule has 1 aromatic rings. The molecule has 0 aromatic carbocycles. The molecule has 1 aromatic heterocycles. The molecule has 7 heteroatoms. The minimum Gasteiger partial charge on any atom is -0.343 e. The van der Waals surface area contributed by atoms with Crippen LogP contribution in [0.1, 0.15) is 55.1 Å². The Morgan fingerprint density at radius 1 is 1.00 bits per heavy atom. The van der Waals surface area contributed by atoms with Gasteiger partial charge in [-0.05, 0) is 45.8 Å². The van der Waals surface area contributed by atoms with Crippen LogP contribution in [0.3, 0.4) is 0 Å². The number of carbonyl (C=O) groups is 2. The summed E-state index contributed by atoms with van der Waals surface area (Å²) in [7, 11) is 2.09. The number of likely N-dealkylation sites (N-methyl/N-ethyl adjacent to an activating group) is 1. The maximum atomic E-state index is 13.1. The van der Waals surface area contributed by atoms with Crippen molar-refractivity contribution in [2.45, 2.75) is 45.4 Å². The van der Waals surface area contributed by atoms with Gasteiger partial charge in [-0.25, -0.2) is 9.97 Å². The van der Waals surface area contributed by atoms with E-state index in [1.807, 2.05) is 22.8 Å². The molecule has 2 amide bonds. The lowest BCUT2D eigenvalue weighted by atomic mass is 9.77. The number of likely N-dealkylation sites (tertiary alicyclic amines) is 1. The molecule has 0 atom stereocenters. The summed E-state index contributed by atoms with van der Waals surface area (Å²) >= 11 is 0. The van der Waals surface area contributed by atoms with E-state index in [9.17, 15) is 9.59 Å². The lowest BCUT2D eigenvalue weighted by molar-refractivity contribution is -0.130. The van der Waals surface area contributed by atoms with E-state index in [0.717, 1.165) is 64.2 Å². The highest BCUT2D eigenvalue weighted by atomic mass is 16.2. The van der Waals surface area contributed by atoms with E-state index in [2.05, 4.69) is 28.8 Å². The fraction of sp³-hybridized carbons (Fsp3) is 0.700. The average molecular weight is 374 g/mol. The molecule has 2 aliphatic heterocycles. The van der Waals surface area contributed by atoms with E-state index in [4.69, 9.17) is 0 Å². The number of aromatic nitrogens is 2. The van der Waals surface area contributed by atoms with Crippen LogP contribution in [0.15, 0.2) is 6.07 Å². The van der Waals surface area contributed by atoms with Gasteiger partial charge in [-0.3, -0.25) is 9.59 Å². The van der Waals surface area contributed by atoms with E-state index >= 15 is 0 Å². The van der Waals surface area contributed by atoms with Gasteiger partial charge in [0.25, 0.3) is 5.91 Å². The van der Waals surface area contributed by atoms with Gasteiger partial charge in [-0.2, -0.15) is 0 Å². The summed E-state index contributed by atoms with van der Waals surface area (Å²) in [6.07, 6.45) is 2.69. The first kappa shape index (κ1) is 19.7. The summed E-state index contributed by atoms with van der Waals surface area (Å²) in [5, 5.41) is 0. The zero-order valence-electron chi connectivity index (χ0n) is 17.0. The molecule has 148 valence electrons. The summed E-state index contributed by atoms with van der Waals surface area (Å²) in [6, 6.07) is 1.88. The Hall–Kier alpha value is -2.02. The molecular weight excluding hydrogens is 342 g/mol. The second-order valence-electron chi connectivity index (χ2n) is 8.20. The first-order valence-electron chi connectivity index (χ1n) is 9.88. The van der Waals surface area contributed by atoms with Crippen molar-refractivity contribution < 1.29 is 9.59 Å². The van der Waals surface area contributed by atoms with Crippen LogP contribution in [0.4, 0.5) is 0 Å². The Bertz CT molecular complexity index is 712. The van der Waals surface area contributed by atoms with Crippen molar-refractivity contribution in [3.63, 3.8) is 0 Å². The second-order valence-corrected chi connectivity index (χ2v) is 8.20. The van der Waals surface area contributed by atoms with Gasteiger partial charge in [0.2, 0.25) is 5.91 Å². The standard InChI is InChI=1S/C20H31N5O2/c1-15-21-17(19(27)25-9-5-8-23(4)12-13-25)14-18(22-15)20(3)6-10-24(11-7-20)16(2)26/h14H,5-13H2,1-4H3.